The fraction of sp³-hybridized carbons (Fsp3) is 0.286. The van der Waals surface area contributed by atoms with Crippen LogP contribution < -0.4 is 11.2 Å². The molecule has 1 saturated carbocycles. The van der Waals surface area contributed by atoms with Crippen LogP contribution in [-0.4, -0.2) is 50.9 Å². The Morgan fingerprint density at radius 3 is 2.37 bits per heavy atom. The lowest BCUT2D eigenvalue weighted by atomic mass is 9.70. The number of fused-ring (bicyclic) bond motifs is 2. The monoisotopic (exact) mass is 582 g/mol. The molecule has 2 aromatic carbocycles. The number of sulfone groups is 1. The van der Waals surface area contributed by atoms with Gasteiger partial charge in [0.15, 0.2) is 0 Å². The summed E-state index contributed by atoms with van der Waals surface area (Å²) in [5.74, 6) is -18.3. The quantitative estimate of drug-likeness (QED) is 0.273. The Bertz CT molecular complexity index is 1850. The highest BCUT2D eigenvalue weighted by Crippen LogP contribution is 2.65. The molecule has 0 radical (unpaired) electrons. The third-order valence-electron chi connectivity index (χ3n) is 6.50. The molecule has 5 rings (SSSR count). The first kappa shape index (κ1) is 26.1. The van der Waals surface area contributed by atoms with E-state index in [1.165, 1.54) is 12.3 Å². The van der Waals surface area contributed by atoms with E-state index in [4.69, 9.17) is 11.6 Å². The summed E-state index contributed by atoms with van der Waals surface area (Å²) in [6, 6.07) is 5.49. The Kier molecular flexibility index (Phi) is 5.48. The van der Waals surface area contributed by atoms with Crippen molar-refractivity contribution in [3.8, 4) is 0 Å². The van der Waals surface area contributed by atoms with E-state index in [-0.39, 0.29) is 20.7 Å². The number of alkyl halides is 6. The van der Waals surface area contributed by atoms with Crippen molar-refractivity contribution in [3.05, 3.63) is 62.4 Å². The van der Waals surface area contributed by atoms with Crippen molar-refractivity contribution in [2.75, 3.05) is 0 Å². The van der Waals surface area contributed by atoms with E-state index < -0.39 is 78.4 Å². The van der Waals surface area contributed by atoms with Crippen molar-refractivity contribution in [1.29, 1.82) is 0 Å². The third-order valence-corrected chi connectivity index (χ3v) is 8.61. The predicted octanol–water partition coefficient (Wildman–Crippen LogP) is 3.69. The minimum Gasteiger partial charge on any atom is -0.421 e. The van der Waals surface area contributed by atoms with Gasteiger partial charge in [-0.2, -0.15) is 31.4 Å². The molecule has 0 unspecified atom stereocenters. The number of hydrogen-bond donors (Lipinski definition) is 2. The van der Waals surface area contributed by atoms with Crippen molar-refractivity contribution in [2.45, 2.75) is 40.5 Å². The van der Waals surface area contributed by atoms with Crippen LogP contribution in [0.15, 0.2) is 55.9 Å². The number of nitrogens with one attached hydrogen (secondary N) is 1. The predicted molar refractivity (Wildman–Crippen MR) is 119 cm³/mol. The van der Waals surface area contributed by atoms with E-state index in [2.05, 4.69) is 10.1 Å². The van der Waals surface area contributed by atoms with Crippen molar-refractivity contribution in [1.82, 2.24) is 19.5 Å². The zero-order chi connectivity index (χ0) is 28.0. The lowest BCUT2D eigenvalue weighted by Gasteiger charge is -2.50. The largest absolute Gasteiger partial charge is 0.421 e. The van der Waals surface area contributed by atoms with Gasteiger partial charge in [-0.1, -0.05) is 16.3 Å². The van der Waals surface area contributed by atoms with E-state index in [1.54, 1.807) is 0 Å². The van der Waals surface area contributed by atoms with Crippen LogP contribution in [0.5, 0.6) is 0 Å². The molecule has 202 valence electrons. The summed E-state index contributed by atoms with van der Waals surface area (Å²) < 4.78 is 108. The molecule has 1 aliphatic carbocycles. The average Bonchev–Trinajstić information content (AvgIpc) is 3.24. The SMILES string of the molecule is O=c1[nH]c2c(S(=O)(=O)c3ccc4cnn(CCC5C(F)(F)C(F)(F)C5(F)F)c4c3)ccc(Cl)c2c(=O)n1O. The zero-order valence-electron chi connectivity index (χ0n) is 18.4. The van der Waals surface area contributed by atoms with E-state index in [9.17, 15) is 49.6 Å². The molecule has 0 spiro atoms. The highest BCUT2D eigenvalue weighted by molar-refractivity contribution is 7.91. The molecule has 9 nitrogen and oxygen atoms in total. The number of nitrogens with zero attached hydrogens (tertiary/aromatic N) is 3. The highest BCUT2D eigenvalue weighted by Gasteiger charge is 2.89. The Balaban J connectivity index is 1.56. The maximum Gasteiger partial charge on any atom is 0.372 e. The molecule has 0 saturated heterocycles. The van der Waals surface area contributed by atoms with Gasteiger partial charge in [0, 0.05) is 11.9 Å². The molecule has 1 aliphatic rings. The Morgan fingerprint density at radius 1 is 1.05 bits per heavy atom. The first-order valence-corrected chi connectivity index (χ1v) is 12.4. The summed E-state index contributed by atoms with van der Waals surface area (Å²) in [5.41, 5.74) is -3.13. The molecule has 2 N–H and O–H groups in total. The minimum atomic E-state index is -5.49. The Hall–Kier alpha value is -3.53. The summed E-state index contributed by atoms with van der Waals surface area (Å²) in [6.07, 6.45) is 0.107. The van der Waals surface area contributed by atoms with Crippen LogP contribution in [0.1, 0.15) is 6.42 Å². The van der Waals surface area contributed by atoms with Gasteiger partial charge in [-0.05, 0) is 36.8 Å². The van der Waals surface area contributed by atoms with Crippen LogP contribution in [0.3, 0.4) is 0 Å². The van der Waals surface area contributed by atoms with E-state index in [1.807, 2.05) is 0 Å². The van der Waals surface area contributed by atoms with Crippen LogP contribution in [-0.2, 0) is 16.4 Å². The third kappa shape index (κ3) is 3.32. The number of aryl methyl sites for hydroxylation is 1. The number of aromatic nitrogens is 4. The number of H-pyrrole nitrogens is 1. The lowest BCUT2D eigenvalue weighted by Crippen LogP contribution is -2.74. The zero-order valence-corrected chi connectivity index (χ0v) is 20.0. The number of rotatable bonds is 5. The van der Waals surface area contributed by atoms with Gasteiger partial charge in [0.05, 0.1) is 37.4 Å². The second kappa shape index (κ2) is 7.99. The molecule has 4 aromatic rings. The number of aromatic amines is 1. The minimum absolute atomic E-state index is 0.00623. The van der Waals surface area contributed by atoms with Crippen LogP contribution in [0, 0.1) is 5.92 Å². The van der Waals surface area contributed by atoms with Gasteiger partial charge in [0.2, 0.25) is 9.84 Å². The molecule has 38 heavy (non-hydrogen) atoms. The number of halogens is 7. The molecule has 2 aromatic heterocycles. The molecule has 0 amide bonds. The maximum absolute atomic E-state index is 13.7. The van der Waals surface area contributed by atoms with E-state index >= 15 is 0 Å². The fourth-order valence-corrected chi connectivity index (χ4v) is 6.09. The van der Waals surface area contributed by atoms with Crippen LogP contribution in [0.25, 0.3) is 21.8 Å². The molecule has 2 heterocycles. The summed E-state index contributed by atoms with van der Waals surface area (Å²) in [6.45, 7) is -0.661. The average molecular weight is 583 g/mol. The van der Waals surface area contributed by atoms with Crippen molar-refractivity contribution in [3.63, 3.8) is 0 Å². The van der Waals surface area contributed by atoms with Gasteiger partial charge < -0.3 is 10.2 Å². The molecule has 0 aliphatic heterocycles. The number of hydrogen-bond acceptors (Lipinski definition) is 6. The fourth-order valence-electron chi connectivity index (χ4n) is 4.42. The Labute approximate surface area is 211 Å². The van der Waals surface area contributed by atoms with Crippen LogP contribution in [0.2, 0.25) is 5.02 Å². The molecular formula is C21H13ClF6N4O5S. The lowest BCUT2D eigenvalue weighted by molar-refractivity contribution is -0.436. The number of benzene rings is 2. The summed E-state index contributed by atoms with van der Waals surface area (Å²) in [5, 5.41) is 12.9. The molecule has 0 atom stereocenters. The summed E-state index contributed by atoms with van der Waals surface area (Å²) >= 11 is 5.97. The van der Waals surface area contributed by atoms with Crippen LogP contribution >= 0.6 is 11.6 Å². The summed E-state index contributed by atoms with van der Waals surface area (Å²) in [4.78, 5) is 25.3. The smallest absolute Gasteiger partial charge is 0.372 e. The van der Waals surface area contributed by atoms with Gasteiger partial charge in [-0.25, -0.2) is 13.2 Å². The van der Waals surface area contributed by atoms with Crippen molar-refractivity contribution < 1.29 is 40.0 Å². The molecular weight excluding hydrogens is 570 g/mol. The van der Waals surface area contributed by atoms with Gasteiger partial charge in [0.1, 0.15) is 5.92 Å². The first-order valence-electron chi connectivity index (χ1n) is 10.5. The standard InChI is InChI=1S/C21H13ClF6N4O5S/c22-11-3-4-13(16-15(11)17(33)32(35)18(34)30-16)38(36,37)10-2-1-9-8-29-31(12(9)7-10)6-5-14-19(23,24)21(27,28)20(14,25)26/h1-4,7-8,14,35H,5-6H2,(H,30,34). The van der Waals surface area contributed by atoms with E-state index in [0.717, 1.165) is 28.9 Å². The second-order valence-corrected chi connectivity index (χ2v) is 10.9. The van der Waals surface area contributed by atoms with Crippen molar-refractivity contribution >= 4 is 43.2 Å². The maximum atomic E-state index is 13.7. The Morgan fingerprint density at radius 2 is 1.71 bits per heavy atom. The normalized spacial score (nSPS) is 18.6. The van der Waals surface area contributed by atoms with Crippen LogP contribution in [0.4, 0.5) is 26.3 Å². The highest BCUT2D eigenvalue weighted by atomic mass is 35.5. The van der Waals surface area contributed by atoms with Gasteiger partial charge in [-0.15, -0.1) is 0 Å². The molecule has 17 heteroatoms. The van der Waals surface area contributed by atoms with Gasteiger partial charge in [0.25, 0.3) is 5.56 Å². The summed E-state index contributed by atoms with van der Waals surface area (Å²) in [7, 11) is -4.53. The topological polar surface area (TPSA) is 127 Å². The van der Waals surface area contributed by atoms with E-state index in [0.29, 0.717) is 0 Å². The van der Waals surface area contributed by atoms with Gasteiger partial charge >= 0.3 is 23.5 Å². The molecule has 0 bridgehead atoms. The first-order chi connectivity index (χ1) is 17.5. The van der Waals surface area contributed by atoms with Crippen molar-refractivity contribution in [2.24, 2.45) is 5.92 Å². The molecule has 1 fully saturated rings. The van der Waals surface area contributed by atoms with Gasteiger partial charge in [-0.3, -0.25) is 9.48 Å². The second-order valence-electron chi connectivity index (χ2n) is 8.60.